The van der Waals surface area contributed by atoms with Crippen molar-refractivity contribution in [2.24, 2.45) is 0 Å². The Labute approximate surface area is 123 Å². The molecule has 2 saturated heterocycles. The van der Waals surface area contributed by atoms with E-state index in [2.05, 4.69) is 16.8 Å². The fourth-order valence-electron chi connectivity index (χ4n) is 3.44. The molecule has 0 N–H and O–H groups in total. The van der Waals surface area contributed by atoms with Crippen molar-refractivity contribution in [3.05, 3.63) is 21.3 Å². The Morgan fingerprint density at radius 3 is 2.63 bits per heavy atom. The van der Waals surface area contributed by atoms with E-state index >= 15 is 0 Å². The molecular formula is C14H19ClN2OS. The van der Waals surface area contributed by atoms with Crippen LogP contribution in [-0.4, -0.2) is 47.9 Å². The third kappa shape index (κ3) is 2.54. The topological polar surface area (TPSA) is 23.6 Å². The lowest BCUT2D eigenvalue weighted by atomic mass is 10.0. The predicted octanol–water partition coefficient (Wildman–Crippen LogP) is 3.10. The van der Waals surface area contributed by atoms with E-state index in [4.69, 9.17) is 11.6 Å². The fourth-order valence-corrected chi connectivity index (χ4v) is 4.44. The number of likely N-dealkylation sites (N-methyl/N-ethyl adjacent to an activating group) is 1. The summed E-state index contributed by atoms with van der Waals surface area (Å²) in [5.74, 6) is 0.166. The van der Waals surface area contributed by atoms with Crippen LogP contribution in [0.25, 0.3) is 0 Å². The van der Waals surface area contributed by atoms with Crippen molar-refractivity contribution in [1.82, 2.24) is 9.80 Å². The van der Waals surface area contributed by atoms with Gasteiger partial charge in [0.1, 0.15) is 0 Å². The molecule has 0 aromatic carbocycles. The molecule has 1 amide bonds. The molecule has 1 aromatic rings. The van der Waals surface area contributed by atoms with Gasteiger partial charge in [0, 0.05) is 18.6 Å². The molecule has 3 heterocycles. The second-order valence-electron chi connectivity index (χ2n) is 5.50. The molecule has 19 heavy (non-hydrogen) atoms. The fraction of sp³-hybridized carbons (Fsp3) is 0.643. The molecule has 0 aliphatic carbocycles. The summed E-state index contributed by atoms with van der Waals surface area (Å²) in [5.41, 5.74) is 0. The van der Waals surface area contributed by atoms with Gasteiger partial charge in [-0.25, -0.2) is 0 Å². The molecule has 104 valence electrons. The lowest BCUT2D eigenvalue weighted by Gasteiger charge is -2.33. The Morgan fingerprint density at radius 1 is 1.26 bits per heavy atom. The van der Waals surface area contributed by atoms with E-state index in [-0.39, 0.29) is 5.91 Å². The maximum absolute atomic E-state index is 12.6. The van der Waals surface area contributed by atoms with Gasteiger partial charge < -0.3 is 9.80 Å². The van der Waals surface area contributed by atoms with Crippen LogP contribution < -0.4 is 0 Å². The van der Waals surface area contributed by atoms with Crippen LogP contribution in [0.3, 0.4) is 0 Å². The van der Waals surface area contributed by atoms with Crippen molar-refractivity contribution in [2.75, 3.05) is 20.1 Å². The Bertz CT molecular complexity index is 476. The van der Waals surface area contributed by atoms with Gasteiger partial charge in [-0.3, -0.25) is 4.79 Å². The first-order valence-electron chi connectivity index (χ1n) is 6.93. The van der Waals surface area contributed by atoms with Gasteiger partial charge in [-0.2, -0.15) is 0 Å². The molecule has 0 unspecified atom stereocenters. The van der Waals surface area contributed by atoms with Crippen molar-refractivity contribution in [3.8, 4) is 0 Å². The van der Waals surface area contributed by atoms with E-state index in [9.17, 15) is 4.79 Å². The number of halogens is 1. The molecule has 1 aromatic heterocycles. The van der Waals surface area contributed by atoms with E-state index in [1.807, 2.05) is 12.1 Å². The second kappa shape index (κ2) is 5.43. The summed E-state index contributed by atoms with van der Waals surface area (Å²) in [7, 11) is 2.18. The third-order valence-corrected chi connectivity index (χ3v) is 5.58. The summed E-state index contributed by atoms with van der Waals surface area (Å²) >= 11 is 7.33. The maximum atomic E-state index is 12.6. The lowest BCUT2D eigenvalue weighted by molar-refractivity contribution is 0.0669. The van der Waals surface area contributed by atoms with Crippen molar-refractivity contribution in [1.29, 1.82) is 0 Å². The van der Waals surface area contributed by atoms with Gasteiger partial charge in [0.2, 0.25) is 0 Å². The van der Waals surface area contributed by atoms with Gasteiger partial charge in [-0.15, -0.1) is 11.3 Å². The summed E-state index contributed by atoms with van der Waals surface area (Å²) in [6, 6.07) is 4.60. The van der Waals surface area contributed by atoms with Gasteiger partial charge in [0.15, 0.2) is 0 Å². The molecule has 0 spiro atoms. The average Bonchev–Trinajstić information content (AvgIpc) is 3.07. The van der Waals surface area contributed by atoms with Crippen LogP contribution in [-0.2, 0) is 0 Å². The number of thiophene rings is 1. The molecule has 2 atom stereocenters. The monoisotopic (exact) mass is 298 g/mol. The highest BCUT2D eigenvalue weighted by atomic mass is 35.5. The normalized spacial score (nSPS) is 28.2. The van der Waals surface area contributed by atoms with Crippen LogP contribution in [0.5, 0.6) is 0 Å². The molecule has 3 rings (SSSR count). The number of nitrogens with zero attached hydrogens (tertiary/aromatic N) is 2. The molecule has 3 nitrogen and oxygen atoms in total. The quantitative estimate of drug-likeness (QED) is 0.837. The van der Waals surface area contributed by atoms with Crippen LogP contribution >= 0.6 is 22.9 Å². The van der Waals surface area contributed by atoms with Gasteiger partial charge in [0.25, 0.3) is 5.91 Å². The molecule has 2 aliphatic heterocycles. The summed E-state index contributed by atoms with van der Waals surface area (Å²) in [6.07, 6.45) is 4.74. The van der Waals surface area contributed by atoms with Gasteiger partial charge in [-0.1, -0.05) is 11.6 Å². The summed E-state index contributed by atoms with van der Waals surface area (Å²) in [4.78, 5) is 17.9. The zero-order valence-electron chi connectivity index (χ0n) is 11.1. The van der Waals surface area contributed by atoms with Gasteiger partial charge in [0.05, 0.1) is 9.21 Å². The highest BCUT2D eigenvalue weighted by Gasteiger charge is 2.38. The average molecular weight is 299 g/mol. The SMILES string of the molecule is CN1CCC[C@@H]1[C@@H]1CCCN1C(=O)c1ccc(Cl)s1. The van der Waals surface area contributed by atoms with E-state index in [0.29, 0.717) is 16.4 Å². The van der Waals surface area contributed by atoms with E-state index in [1.54, 1.807) is 0 Å². The number of hydrogen-bond acceptors (Lipinski definition) is 3. The van der Waals surface area contributed by atoms with Crippen LogP contribution in [0.2, 0.25) is 4.34 Å². The van der Waals surface area contributed by atoms with Crippen molar-refractivity contribution in [3.63, 3.8) is 0 Å². The predicted molar refractivity (Wildman–Crippen MR) is 79.0 cm³/mol. The van der Waals surface area contributed by atoms with Crippen molar-refractivity contribution >= 4 is 28.8 Å². The molecule has 0 saturated carbocycles. The maximum Gasteiger partial charge on any atom is 0.264 e. The summed E-state index contributed by atoms with van der Waals surface area (Å²) in [5, 5.41) is 0. The van der Waals surface area contributed by atoms with Crippen LogP contribution in [0, 0.1) is 0 Å². The minimum absolute atomic E-state index is 0.166. The largest absolute Gasteiger partial charge is 0.333 e. The molecular weight excluding hydrogens is 280 g/mol. The van der Waals surface area contributed by atoms with E-state index in [1.165, 1.54) is 24.2 Å². The number of carbonyl (C=O) groups excluding carboxylic acids is 1. The Balaban J connectivity index is 1.77. The van der Waals surface area contributed by atoms with Crippen LogP contribution in [0.15, 0.2) is 12.1 Å². The number of carbonyl (C=O) groups is 1. The standard InChI is InChI=1S/C14H19ClN2OS/c1-16-8-2-4-10(16)11-5-3-9-17(11)14(18)12-6-7-13(15)19-12/h6-7,10-11H,2-5,8-9H2,1H3/t10-,11+/m1/s1. The first-order chi connectivity index (χ1) is 9.16. The lowest BCUT2D eigenvalue weighted by Crippen LogP contribution is -2.46. The number of likely N-dealkylation sites (tertiary alicyclic amines) is 2. The van der Waals surface area contributed by atoms with Crippen LogP contribution in [0.4, 0.5) is 0 Å². The van der Waals surface area contributed by atoms with Crippen LogP contribution in [0.1, 0.15) is 35.4 Å². The Hall–Kier alpha value is -0.580. The number of amides is 1. The number of rotatable bonds is 2. The highest BCUT2D eigenvalue weighted by Crippen LogP contribution is 2.31. The number of hydrogen-bond donors (Lipinski definition) is 0. The smallest absolute Gasteiger partial charge is 0.264 e. The van der Waals surface area contributed by atoms with E-state index in [0.717, 1.165) is 30.8 Å². The molecule has 2 fully saturated rings. The van der Waals surface area contributed by atoms with Gasteiger partial charge in [-0.05, 0) is 51.4 Å². The van der Waals surface area contributed by atoms with E-state index < -0.39 is 0 Å². The Morgan fingerprint density at radius 2 is 2.00 bits per heavy atom. The molecule has 2 aliphatic rings. The summed E-state index contributed by atoms with van der Waals surface area (Å²) in [6.45, 7) is 2.05. The highest BCUT2D eigenvalue weighted by molar-refractivity contribution is 7.17. The van der Waals surface area contributed by atoms with Crippen molar-refractivity contribution < 1.29 is 4.79 Å². The van der Waals surface area contributed by atoms with Crippen molar-refractivity contribution in [2.45, 2.75) is 37.8 Å². The third-order valence-electron chi connectivity index (χ3n) is 4.37. The molecule has 0 radical (unpaired) electrons. The van der Waals surface area contributed by atoms with Gasteiger partial charge >= 0.3 is 0 Å². The zero-order chi connectivity index (χ0) is 13.4. The minimum Gasteiger partial charge on any atom is -0.333 e. The molecule has 5 heteroatoms. The first kappa shape index (κ1) is 13.4. The Kier molecular flexibility index (Phi) is 3.83. The second-order valence-corrected chi connectivity index (χ2v) is 7.22. The minimum atomic E-state index is 0.166. The molecule has 0 bridgehead atoms. The first-order valence-corrected chi connectivity index (χ1v) is 8.13. The summed E-state index contributed by atoms with van der Waals surface area (Å²) < 4.78 is 0.692. The zero-order valence-corrected chi connectivity index (χ0v) is 12.7.